The fourth-order valence-corrected chi connectivity index (χ4v) is 3.72. The Kier molecular flexibility index (Phi) is 5.75. The second kappa shape index (κ2) is 8.53. The van der Waals surface area contributed by atoms with Crippen LogP contribution in [0.1, 0.15) is 41.8 Å². The van der Waals surface area contributed by atoms with Gasteiger partial charge in [-0.2, -0.15) is 23.0 Å². The number of anilines is 1. The number of nitrogens with one attached hydrogen (secondary N) is 1. The zero-order valence-electron chi connectivity index (χ0n) is 17.8. The number of fused-ring (bicyclic) bond motifs is 1. The van der Waals surface area contributed by atoms with Gasteiger partial charge in [0.15, 0.2) is 5.82 Å². The van der Waals surface area contributed by atoms with Gasteiger partial charge in [0.05, 0.1) is 23.7 Å². The van der Waals surface area contributed by atoms with Crippen LogP contribution in [0.15, 0.2) is 54.9 Å². The fourth-order valence-electron chi connectivity index (χ4n) is 3.72. The largest absolute Gasteiger partial charge is 0.417 e. The molecule has 2 amide bonds. The molecule has 33 heavy (non-hydrogen) atoms. The standard InChI is InChI=1S/C23H20F3N5O2/c1-14-11-21(31(29-14)20-8-7-17(13-27-20)23(24,25)26)28-22(33)12-19-18-6-4-3-5-16(18)9-10-30(19)15(2)32/h3-11,13,19H,12H2,1-2H3,(H,28,33). The lowest BCUT2D eigenvalue weighted by Gasteiger charge is -2.32. The van der Waals surface area contributed by atoms with Crippen LogP contribution in [0.2, 0.25) is 0 Å². The molecule has 1 aliphatic heterocycles. The Morgan fingerprint density at radius 2 is 1.91 bits per heavy atom. The van der Waals surface area contributed by atoms with E-state index in [0.717, 1.165) is 17.2 Å². The minimum absolute atomic E-state index is 0.0222. The summed E-state index contributed by atoms with van der Waals surface area (Å²) in [7, 11) is 0. The van der Waals surface area contributed by atoms with Gasteiger partial charge in [-0.15, -0.1) is 0 Å². The molecule has 0 saturated carbocycles. The van der Waals surface area contributed by atoms with Crippen LogP contribution >= 0.6 is 0 Å². The van der Waals surface area contributed by atoms with E-state index in [-0.39, 0.29) is 29.9 Å². The Hall–Kier alpha value is -3.95. The number of nitrogens with zero attached hydrogens (tertiary/aromatic N) is 4. The summed E-state index contributed by atoms with van der Waals surface area (Å²) in [6.45, 7) is 3.12. The second-order valence-electron chi connectivity index (χ2n) is 7.62. The molecule has 3 heterocycles. The second-order valence-corrected chi connectivity index (χ2v) is 7.62. The van der Waals surface area contributed by atoms with Crippen molar-refractivity contribution in [1.29, 1.82) is 0 Å². The number of aromatic nitrogens is 3. The van der Waals surface area contributed by atoms with Crippen LogP contribution < -0.4 is 5.32 Å². The van der Waals surface area contributed by atoms with Crippen molar-refractivity contribution in [2.24, 2.45) is 0 Å². The van der Waals surface area contributed by atoms with Crippen molar-refractivity contribution in [1.82, 2.24) is 19.7 Å². The van der Waals surface area contributed by atoms with Crippen LogP contribution in [0.25, 0.3) is 11.9 Å². The van der Waals surface area contributed by atoms with Gasteiger partial charge in [0.1, 0.15) is 5.82 Å². The number of aryl methyl sites for hydroxylation is 1. The predicted octanol–water partition coefficient (Wildman–Crippen LogP) is 4.50. The summed E-state index contributed by atoms with van der Waals surface area (Å²) >= 11 is 0. The molecule has 0 bridgehead atoms. The molecule has 1 aliphatic rings. The van der Waals surface area contributed by atoms with E-state index in [1.807, 2.05) is 30.3 Å². The molecule has 4 rings (SSSR count). The molecule has 10 heteroatoms. The zero-order chi connectivity index (χ0) is 23.8. The van der Waals surface area contributed by atoms with Gasteiger partial charge in [-0.1, -0.05) is 24.3 Å². The molecule has 1 aromatic carbocycles. The third kappa shape index (κ3) is 4.64. The highest BCUT2D eigenvalue weighted by atomic mass is 19.4. The Morgan fingerprint density at radius 1 is 1.15 bits per heavy atom. The first-order valence-electron chi connectivity index (χ1n) is 10.1. The van der Waals surface area contributed by atoms with E-state index in [0.29, 0.717) is 11.9 Å². The van der Waals surface area contributed by atoms with Crippen molar-refractivity contribution in [2.75, 3.05) is 5.32 Å². The quantitative estimate of drug-likeness (QED) is 0.628. The van der Waals surface area contributed by atoms with Gasteiger partial charge < -0.3 is 10.2 Å². The summed E-state index contributed by atoms with van der Waals surface area (Å²) in [6, 6.07) is 10.7. The topological polar surface area (TPSA) is 80.1 Å². The van der Waals surface area contributed by atoms with Gasteiger partial charge in [0.25, 0.3) is 0 Å². The first-order chi connectivity index (χ1) is 15.6. The van der Waals surface area contributed by atoms with Crippen LogP contribution in [0.5, 0.6) is 0 Å². The molecule has 0 saturated heterocycles. The predicted molar refractivity (Wildman–Crippen MR) is 115 cm³/mol. The molecule has 1 atom stereocenters. The number of hydrogen-bond acceptors (Lipinski definition) is 4. The van der Waals surface area contributed by atoms with Crippen LogP contribution in [-0.4, -0.2) is 31.5 Å². The summed E-state index contributed by atoms with van der Waals surface area (Å²) in [5, 5.41) is 6.98. The molecule has 2 aromatic heterocycles. The Morgan fingerprint density at radius 3 is 2.58 bits per heavy atom. The molecule has 0 spiro atoms. The fraction of sp³-hybridized carbons (Fsp3) is 0.217. The average Bonchev–Trinajstić information content (AvgIpc) is 3.13. The average molecular weight is 455 g/mol. The number of carbonyl (C=O) groups is 2. The highest BCUT2D eigenvalue weighted by Gasteiger charge is 2.31. The van der Waals surface area contributed by atoms with E-state index < -0.39 is 17.8 Å². The first-order valence-corrected chi connectivity index (χ1v) is 10.1. The smallest absolute Gasteiger partial charge is 0.311 e. The van der Waals surface area contributed by atoms with Crippen molar-refractivity contribution in [2.45, 2.75) is 32.5 Å². The van der Waals surface area contributed by atoms with Gasteiger partial charge >= 0.3 is 6.18 Å². The lowest BCUT2D eigenvalue weighted by molar-refractivity contribution is -0.138. The van der Waals surface area contributed by atoms with Gasteiger partial charge in [-0.3, -0.25) is 9.59 Å². The number of pyridine rings is 1. The highest BCUT2D eigenvalue weighted by Crippen LogP contribution is 2.33. The third-order valence-corrected chi connectivity index (χ3v) is 5.24. The molecule has 0 fully saturated rings. The summed E-state index contributed by atoms with van der Waals surface area (Å²) in [5.74, 6) is -0.195. The monoisotopic (exact) mass is 455 g/mol. The summed E-state index contributed by atoms with van der Waals surface area (Å²) in [5.41, 5.74) is 1.43. The van der Waals surface area contributed by atoms with Gasteiger partial charge in [-0.05, 0) is 36.3 Å². The lowest BCUT2D eigenvalue weighted by atomic mass is 9.93. The number of rotatable bonds is 4. The number of carbonyl (C=O) groups excluding carboxylic acids is 2. The number of benzene rings is 1. The minimum Gasteiger partial charge on any atom is -0.311 e. The first kappa shape index (κ1) is 22.3. The van der Waals surface area contributed by atoms with Crippen molar-refractivity contribution in [3.8, 4) is 5.82 Å². The van der Waals surface area contributed by atoms with E-state index in [1.54, 1.807) is 19.2 Å². The normalized spacial score (nSPS) is 15.3. The molecular weight excluding hydrogens is 435 g/mol. The number of amides is 2. The number of halogens is 3. The summed E-state index contributed by atoms with van der Waals surface area (Å²) < 4.78 is 39.8. The van der Waals surface area contributed by atoms with E-state index in [4.69, 9.17) is 0 Å². The molecule has 1 N–H and O–H groups in total. The van der Waals surface area contributed by atoms with Gasteiger partial charge in [0.2, 0.25) is 11.8 Å². The van der Waals surface area contributed by atoms with Crippen molar-refractivity contribution in [3.05, 3.63) is 77.2 Å². The summed E-state index contributed by atoms with van der Waals surface area (Å²) in [4.78, 5) is 30.4. The maximum atomic E-state index is 13.0. The maximum absolute atomic E-state index is 13.0. The Labute approximate surface area is 187 Å². The molecule has 170 valence electrons. The van der Waals surface area contributed by atoms with Crippen LogP contribution in [0.4, 0.5) is 19.0 Å². The zero-order valence-corrected chi connectivity index (χ0v) is 17.8. The molecule has 0 radical (unpaired) electrons. The van der Waals surface area contributed by atoms with Gasteiger partial charge in [0, 0.05) is 25.4 Å². The van der Waals surface area contributed by atoms with E-state index >= 15 is 0 Å². The van der Waals surface area contributed by atoms with Crippen LogP contribution in [0.3, 0.4) is 0 Å². The third-order valence-electron chi connectivity index (χ3n) is 5.24. The molecule has 0 aliphatic carbocycles. The number of alkyl halides is 3. The van der Waals surface area contributed by atoms with Crippen LogP contribution in [0, 0.1) is 6.92 Å². The van der Waals surface area contributed by atoms with Crippen molar-refractivity contribution >= 4 is 23.7 Å². The van der Waals surface area contributed by atoms with E-state index in [1.165, 1.54) is 22.6 Å². The Bertz CT molecular complexity index is 1230. The lowest BCUT2D eigenvalue weighted by Crippen LogP contribution is -2.33. The molecule has 7 nitrogen and oxygen atoms in total. The van der Waals surface area contributed by atoms with E-state index in [2.05, 4.69) is 15.4 Å². The SMILES string of the molecule is CC(=O)N1C=Cc2ccccc2C1CC(=O)Nc1cc(C)nn1-c1ccc(C(F)(F)F)cn1. The van der Waals surface area contributed by atoms with Crippen LogP contribution in [-0.2, 0) is 15.8 Å². The molecule has 3 aromatic rings. The Balaban J connectivity index is 1.57. The molecular formula is C23H20F3N5O2. The van der Waals surface area contributed by atoms with E-state index in [9.17, 15) is 22.8 Å². The number of hydrogen-bond donors (Lipinski definition) is 1. The molecule has 1 unspecified atom stereocenters. The minimum atomic E-state index is -4.50. The summed E-state index contributed by atoms with van der Waals surface area (Å²) in [6.07, 6.45) is -0.335. The van der Waals surface area contributed by atoms with Gasteiger partial charge in [-0.25, -0.2) is 4.98 Å². The van der Waals surface area contributed by atoms with Crippen molar-refractivity contribution in [3.63, 3.8) is 0 Å². The van der Waals surface area contributed by atoms with Crippen molar-refractivity contribution < 1.29 is 22.8 Å². The highest BCUT2D eigenvalue weighted by molar-refractivity contribution is 5.91. The maximum Gasteiger partial charge on any atom is 0.417 e.